The number of furan rings is 1. The molecular weight excluding hydrogens is 356 g/mol. The highest BCUT2D eigenvalue weighted by Crippen LogP contribution is 2.47. The third-order valence-corrected chi connectivity index (χ3v) is 5.83. The van der Waals surface area contributed by atoms with Crippen LogP contribution in [0.4, 0.5) is 0 Å². The minimum absolute atomic E-state index is 0.147. The number of rotatable bonds is 6. The molecule has 0 saturated carbocycles. The molecule has 3 aromatic rings. The molecule has 29 heavy (non-hydrogen) atoms. The van der Waals surface area contributed by atoms with Crippen LogP contribution in [0.1, 0.15) is 23.5 Å². The summed E-state index contributed by atoms with van der Waals surface area (Å²) < 4.78 is 6.27. The Balaban J connectivity index is 1.62. The first-order chi connectivity index (χ1) is 14.2. The fraction of sp³-hybridized carbons (Fsp3) is 0.154. The summed E-state index contributed by atoms with van der Waals surface area (Å²) in [5.41, 5.74) is 7.28. The molecule has 142 valence electrons. The molecule has 1 aliphatic heterocycles. The lowest BCUT2D eigenvalue weighted by Gasteiger charge is -2.38. The quantitative estimate of drug-likeness (QED) is 0.373. The zero-order chi connectivity index (χ0) is 20.0. The van der Waals surface area contributed by atoms with Crippen molar-refractivity contribution >= 4 is 33.4 Å². The Bertz CT molecular complexity index is 1270. The lowest BCUT2D eigenvalue weighted by molar-refractivity contribution is 0.594. The van der Waals surface area contributed by atoms with Crippen molar-refractivity contribution in [2.75, 3.05) is 6.54 Å². The molecule has 0 saturated heterocycles. The fourth-order valence-electron chi connectivity index (χ4n) is 4.43. The van der Waals surface area contributed by atoms with E-state index in [0.29, 0.717) is 6.54 Å². The van der Waals surface area contributed by atoms with Gasteiger partial charge < -0.3 is 4.42 Å². The maximum Gasteiger partial charge on any atom is 0.145 e. The lowest BCUT2D eigenvalue weighted by Crippen LogP contribution is -2.34. The summed E-state index contributed by atoms with van der Waals surface area (Å²) >= 11 is 0. The van der Waals surface area contributed by atoms with Crippen LogP contribution in [-0.2, 0) is 0 Å². The summed E-state index contributed by atoms with van der Waals surface area (Å²) in [7, 11) is 0. The van der Waals surface area contributed by atoms with Crippen molar-refractivity contribution < 1.29 is 4.42 Å². The third kappa shape index (κ3) is 2.65. The normalized spacial score (nSPS) is 20.3. The Morgan fingerprint density at radius 3 is 2.76 bits per heavy atom. The van der Waals surface area contributed by atoms with Gasteiger partial charge >= 0.3 is 0 Å². The van der Waals surface area contributed by atoms with Crippen molar-refractivity contribution in [1.29, 1.82) is 0 Å². The van der Waals surface area contributed by atoms with Crippen LogP contribution in [-0.4, -0.2) is 24.0 Å². The van der Waals surface area contributed by atoms with Gasteiger partial charge in [-0.2, -0.15) is 0 Å². The van der Waals surface area contributed by atoms with Crippen LogP contribution in [0.25, 0.3) is 21.9 Å². The van der Waals surface area contributed by atoms with Crippen LogP contribution in [0.3, 0.4) is 0 Å². The molecular formula is C26H22N2O. The van der Waals surface area contributed by atoms with Gasteiger partial charge in [0.2, 0.25) is 0 Å². The van der Waals surface area contributed by atoms with Crippen molar-refractivity contribution in [3.63, 3.8) is 0 Å². The summed E-state index contributed by atoms with van der Waals surface area (Å²) in [5.74, 6) is 0.241. The molecule has 0 N–H and O–H groups in total. The SMILES string of the molecule is C=CCC(C=C)=NCC1=CC2N=C(C=C)c3c(ccc4c3oc3ccccc34)C12. The zero-order valence-corrected chi connectivity index (χ0v) is 16.3. The predicted molar refractivity (Wildman–Crippen MR) is 122 cm³/mol. The number of aliphatic imine (C=N–C) groups is 2. The number of nitrogens with zero attached hydrogens (tertiary/aromatic N) is 2. The maximum absolute atomic E-state index is 6.27. The Morgan fingerprint density at radius 2 is 1.97 bits per heavy atom. The van der Waals surface area contributed by atoms with Gasteiger partial charge in [0.25, 0.3) is 0 Å². The summed E-state index contributed by atoms with van der Waals surface area (Å²) in [5, 5.41) is 2.25. The Labute approximate surface area is 170 Å². The fourth-order valence-corrected chi connectivity index (χ4v) is 4.43. The van der Waals surface area contributed by atoms with E-state index in [9.17, 15) is 0 Å². The van der Waals surface area contributed by atoms with Crippen LogP contribution in [0.5, 0.6) is 0 Å². The molecule has 2 aromatic carbocycles. The van der Waals surface area contributed by atoms with Crippen LogP contribution in [0, 0.1) is 0 Å². The molecule has 0 spiro atoms. The molecule has 0 amide bonds. The number of benzene rings is 2. The van der Waals surface area contributed by atoms with Gasteiger partial charge in [-0.05, 0) is 29.4 Å². The van der Waals surface area contributed by atoms with Gasteiger partial charge in [-0.15, -0.1) is 6.58 Å². The van der Waals surface area contributed by atoms with Gasteiger partial charge in [-0.25, -0.2) is 0 Å². The van der Waals surface area contributed by atoms with Crippen LogP contribution in [0.2, 0.25) is 0 Å². The number of allylic oxidation sites excluding steroid dienone is 3. The summed E-state index contributed by atoms with van der Waals surface area (Å²) in [6, 6.07) is 12.7. The molecule has 0 fully saturated rings. The second-order valence-electron chi connectivity index (χ2n) is 7.44. The molecule has 2 unspecified atom stereocenters. The van der Waals surface area contributed by atoms with E-state index in [2.05, 4.69) is 44.0 Å². The monoisotopic (exact) mass is 378 g/mol. The third-order valence-electron chi connectivity index (χ3n) is 5.83. The molecule has 0 bridgehead atoms. The first-order valence-corrected chi connectivity index (χ1v) is 9.87. The van der Waals surface area contributed by atoms with Gasteiger partial charge in [0.15, 0.2) is 0 Å². The van der Waals surface area contributed by atoms with Gasteiger partial charge in [0.05, 0.1) is 18.3 Å². The number of para-hydroxylation sites is 1. The van der Waals surface area contributed by atoms with E-state index in [1.807, 2.05) is 30.4 Å². The number of hydrogen-bond acceptors (Lipinski definition) is 3. The van der Waals surface area contributed by atoms with Gasteiger partial charge in [-0.1, -0.05) is 55.6 Å². The Hall–Kier alpha value is -3.46. The van der Waals surface area contributed by atoms with E-state index in [1.54, 1.807) is 6.08 Å². The highest BCUT2D eigenvalue weighted by Gasteiger charge is 2.39. The standard InChI is InChI=1S/C26H22N2O/c1-4-9-17(5-2)27-15-16-14-22-24(16)20-13-12-19-18-10-7-8-11-23(18)29-26(19)25(20)21(6-3)28-22/h4-8,10-14,22,24H,1-3,9,15H2. The Kier molecular flexibility index (Phi) is 4.17. The average molecular weight is 378 g/mol. The van der Waals surface area contributed by atoms with E-state index in [4.69, 9.17) is 14.4 Å². The van der Waals surface area contributed by atoms with Gasteiger partial charge in [-0.3, -0.25) is 9.98 Å². The zero-order valence-electron chi connectivity index (χ0n) is 16.3. The van der Waals surface area contributed by atoms with E-state index < -0.39 is 0 Å². The number of hydrogen-bond donors (Lipinski definition) is 0. The van der Waals surface area contributed by atoms with E-state index in [0.717, 1.165) is 45.3 Å². The molecule has 2 atom stereocenters. The number of fused-ring (bicyclic) bond motifs is 7. The molecule has 2 heterocycles. The summed E-state index contributed by atoms with van der Waals surface area (Å²) in [4.78, 5) is 9.66. The van der Waals surface area contributed by atoms with Crippen LogP contribution >= 0.6 is 0 Å². The van der Waals surface area contributed by atoms with Crippen molar-refractivity contribution in [3.8, 4) is 0 Å². The van der Waals surface area contributed by atoms with Gasteiger partial charge in [0.1, 0.15) is 11.2 Å². The van der Waals surface area contributed by atoms with Crippen molar-refractivity contribution in [2.45, 2.75) is 18.4 Å². The molecule has 1 aliphatic carbocycles. The lowest BCUT2D eigenvalue weighted by atomic mass is 9.71. The first-order valence-electron chi connectivity index (χ1n) is 9.87. The maximum atomic E-state index is 6.27. The molecule has 3 heteroatoms. The summed E-state index contributed by atoms with van der Waals surface area (Å²) in [6.45, 7) is 12.3. The minimum atomic E-state index is 0.147. The average Bonchev–Trinajstić information content (AvgIpc) is 3.11. The minimum Gasteiger partial charge on any atom is -0.455 e. The second-order valence-corrected chi connectivity index (χ2v) is 7.44. The molecule has 5 rings (SSSR count). The van der Waals surface area contributed by atoms with Crippen molar-refractivity contribution in [2.24, 2.45) is 9.98 Å². The largest absolute Gasteiger partial charge is 0.455 e. The van der Waals surface area contributed by atoms with E-state index in [1.165, 1.54) is 11.1 Å². The smallest absolute Gasteiger partial charge is 0.145 e. The molecule has 2 aliphatic rings. The highest BCUT2D eigenvalue weighted by atomic mass is 16.3. The van der Waals surface area contributed by atoms with Crippen molar-refractivity contribution in [3.05, 3.63) is 97.1 Å². The summed E-state index contributed by atoms with van der Waals surface area (Å²) in [6.07, 6.45) is 8.45. The second kappa shape index (κ2) is 6.85. The topological polar surface area (TPSA) is 37.9 Å². The first kappa shape index (κ1) is 17.6. The van der Waals surface area contributed by atoms with E-state index >= 15 is 0 Å². The van der Waals surface area contributed by atoms with E-state index in [-0.39, 0.29) is 12.0 Å². The van der Waals surface area contributed by atoms with Crippen LogP contribution in [0.15, 0.2) is 100 Å². The van der Waals surface area contributed by atoms with Crippen LogP contribution < -0.4 is 0 Å². The Morgan fingerprint density at radius 1 is 1.10 bits per heavy atom. The molecule has 0 radical (unpaired) electrons. The van der Waals surface area contributed by atoms with Crippen molar-refractivity contribution in [1.82, 2.24) is 0 Å². The molecule has 1 aromatic heterocycles. The predicted octanol–water partition coefficient (Wildman–Crippen LogP) is 6.17. The molecule has 3 nitrogen and oxygen atoms in total. The highest BCUT2D eigenvalue weighted by molar-refractivity contribution is 6.20. The van der Waals surface area contributed by atoms with Gasteiger partial charge in [0, 0.05) is 34.4 Å².